The normalized spacial score (nSPS) is 20.7. The first kappa shape index (κ1) is 15.0. The van der Waals surface area contributed by atoms with Crippen LogP contribution in [0.15, 0.2) is 0 Å². The molecule has 104 valence electrons. The van der Waals surface area contributed by atoms with Crippen molar-refractivity contribution in [2.24, 2.45) is 10.8 Å². The van der Waals surface area contributed by atoms with Crippen LogP contribution >= 0.6 is 0 Å². The van der Waals surface area contributed by atoms with Crippen LogP contribution in [0.4, 0.5) is 0 Å². The summed E-state index contributed by atoms with van der Waals surface area (Å²) in [6.07, 6.45) is 2.40. The molecule has 0 unspecified atom stereocenters. The van der Waals surface area contributed by atoms with Gasteiger partial charge in [0.2, 0.25) is 5.91 Å². The van der Waals surface area contributed by atoms with Crippen molar-refractivity contribution in [2.75, 3.05) is 6.61 Å². The quantitative estimate of drug-likeness (QED) is 0.767. The van der Waals surface area contributed by atoms with Crippen molar-refractivity contribution in [1.29, 1.82) is 0 Å². The molecule has 1 amide bonds. The van der Waals surface area contributed by atoms with E-state index in [1.54, 1.807) is 0 Å². The van der Waals surface area contributed by atoms with Crippen LogP contribution in [0.3, 0.4) is 0 Å². The summed E-state index contributed by atoms with van der Waals surface area (Å²) in [5.74, 6) is -0.373. The van der Waals surface area contributed by atoms with E-state index in [4.69, 9.17) is 4.74 Å². The van der Waals surface area contributed by atoms with Gasteiger partial charge in [-0.1, -0.05) is 41.0 Å². The lowest BCUT2D eigenvalue weighted by Gasteiger charge is -2.33. The molecule has 1 N–H and O–H groups in total. The lowest BCUT2D eigenvalue weighted by molar-refractivity contribution is -0.143. The first-order chi connectivity index (χ1) is 8.18. The van der Waals surface area contributed by atoms with Crippen molar-refractivity contribution in [3.63, 3.8) is 0 Å². The van der Waals surface area contributed by atoms with Crippen LogP contribution in [-0.4, -0.2) is 24.5 Å². The molecule has 0 bridgehead atoms. The zero-order chi connectivity index (χ0) is 14.0. The van der Waals surface area contributed by atoms with Gasteiger partial charge in [0, 0.05) is 11.8 Å². The van der Waals surface area contributed by atoms with E-state index in [2.05, 4.69) is 26.1 Å². The molecule has 0 aromatic carbocycles. The number of ether oxygens (including phenoxy) is 1. The molecule has 0 aromatic rings. The Hall–Kier alpha value is -1.06. The third-order valence-electron chi connectivity index (χ3n) is 3.73. The summed E-state index contributed by atoms with van der Waals surface area (Å²) >= 11 is 0. The average molecular weight is 255 g/mol. The highest BCUT2D eigenvalue weighted by Gasteiger charge is 2.37. The zero-order valence-electron chi connectivity index (χ0n) is 12.1. The molecule has 4 nitrogen and oxygen atoms in total. The maximum Gasteiger partial charge on any atom is 0.328 e. The molecule has 0 aliphatic carbocycles. The van der Waals surface area contributed by atoms with E-state index in [9.17, 15) is 9.59 Å². The van der Waals surface area contributed by atoms with Crippen LogP contribution in [0.5, 0.6) is 0 Å². The topological polar surface area (TPSA) is 55.4 Å². The predicted molar refractivity (Wildman–Crippen MR) is 70.0 cm³/mol. The third kappa shape index (κ3) is 3.72. The molecule has 1 aliphatic rings. The summed E-state index contributed by atoms with van der Waals surface area (Å²) in [5.41, 5.74) is -0.348. The van der Waals surface area contributed by atoms with Gasteiger partial charge in [0.25, 0.3) is 0 Å². The summed E-state index contributed by atoms with van der Waals surface area (Å²) in [5, 5.41) is 2.80. The fourth-order valence-corrected chi connectivity index (χ4v) is 2.38. The van der Waals surface area contributed by atoms with E-state index in [1.165, 1.54) is 0 Å². The second-order valence-electron chi connectivity index (χ2n) is 6.56. The Bertz CT molecular complexity index is 334. The molecule has 0 spiro atoms. The molecular weight excluding hydrogens is 230 g/mol. The summed E-state index contributed by atoms with van der Waals surface area (Å²) in [7, 11) is 0. The number of carbonyl (C=O) groups is 2. The third-order valence-corrected chi connectivity index (χ3v) is 3.73. The number of amides is 1. The standard InChI is InChI=1S/C14H25NO3/c1-6-13(2,3)9-14(4,5)12(17)15-10-7-8-18-11(10)16/h10H,6-9H2,1-5H3,(H,15,17)/t10-/m0/s1. The van der Waals surface area contributed by atoms with E-state index in [0.29, 0.717) is 13.0 Å². The first-order valence-corrected chi connectivity index (χ1v) is 6.65. The minimum Gasteiger partial charge on any atom is -0.464 e. The van der Waals surface area contributed by atoms with Crippen LogP contribution in [0, 0.1) is 10.8 Å². The Balaban J connectivity index is 2.61. The van der Waals surface area contributed by atoms with Crippen LogP contribution < -0.4 is 5.32 Å². The van der Waals surface area contributed by atoms with Crippen molar-refractivity contribution in [2.45, 2.75) is 59.9 Å². The maximum atomic E-state index is 12.2. The van der Waals surface area contributed by atoms with Gasteiger partial charge in [0.05, 0.1) is 6.61 Å². The fraction of sp³-hybridized carbons (Fsp3) is 0.857. The zero-order valence-corrected chi connectivity index (χ0v) is 12.1. The molecule has 1 heterocycles. The number of carbonyl (C=O) groups excluding carboxylic acids is 2. The molecule has 0 radical (unpaired) electrons. The number of cyclic esters (lactones) is 1. The van der Waals surface area contributed by atoms with Crippen LogP contribution in [0.25, 0.3) is 0 Å². The summed E-state index contributed by atoms with van der Waals surface area (Å²) < 4.78 is 4.85. The first-order valence-electron chi connectivity index (χ1n) is 6.65. The maximum absolute atomic E-state index is 12.2. The van der Waals surface area contributed by atoms with E-state index in [-0.39, 0.29) is 17.3 Å². The average Bonchev–Trinajstić information content (AvgIpc) is 2.63. The van der Waals surface area contributed by atoms with Crippen molar-refractivity contribution in [3.05, 3.63) is 0 Å². The minimum atomic E-state index is -0.470. The Labute approximate surface area is 109 Å². The molecule has 1 saturated heterocycles. The fourth-order valence-electron chi connectivity index (χ4n) is 2.38. The van der Waals surface area contributed by atoms with Crippen LogP contribution in [0.1, 0.15) is 53.9 Å². The van der Waals surface area contributed by atoms with Crippen molar-refractivity contribution in [3.8, 4) is 0 Å². The van der Waals surface area contributed by atoms with E-state index >= 15 is 0 Å². The molecule has 18 heavy (non-hydrogen) atoms. The van der Waals surface area contributed by atoms with Gasteiger partial charge in [-0.2, -0.15) is 0 Å². The Morgan fingerprint density at radius 3 is 2.44 bits per heavy atom. The highest BCUT2D eigenvalue weighted by atomic mass is 16.5. The van der Waals surface area contributed by atoms with Crippen molar-refractivity contribution < 1.29 is 14.3 Å². The molecule has 1 fully saturated rings. The number of hydrogen-bond acceptors (Lipinski definition) is 3. The molecular formula is C14H25NO3. The molecule has 0 saturated carbocycles. The molecule has 0 aromatic heterocycles. The number of esters is 1. The molecule has 1 rings (SSSR count). The lowest BCUT2D eigenvalue weighted by atomic mass is 9.73. The van der Waals surface area contributed by atoms with Crippen molar-refractivity contribution in [1.82, 2.24) is 5.32 Å². The van der Waals surface area contributed by atoms with Gasteiger partial charge >= 0.3 is 5.97 Å². The molecule has 4 heteroatoms. The van der Waals surface area contributed by atoms with Gasteiger partial charge in [-0.05, 0) is 11.8 Å². The Kier molecular flexibility index (Phi) is 4.41. The van der Waals surface area contributed by atoms with Gasteiger partial charge in [0.1, 0.15) is 6.04 Å². The Morgan fingerprint density at radius 1 is 1.39 bits per heavy atom. The predicted octanol–water partition coefficient (Wildman–Crippen LogP) is 2.27. The van der Waals surface area contributed by atoms with Gasteiger partial charge in [-0.15, -0.1) is 0 Å². The van der Waals surface area contributed by atoms with Gasteiger partial charge in [0.15, 0.2) is 0 Å². The number of hydrogen-bond donors (Lipinski definition) is 1. The summed E-state index contributed by atoms with van der Waals surface area (Å²) in [6, 6.07) is -0.457. The number of rotatable bonds is 5. The molecule has 1 aliphatic heterocycles. The summed E-state index contributed by atoms with van der Waals surface area (Å²) in [6.45, 7) is 10.7. The van der Waals surface area contributed by atoms with Gasteiger partial charge in [-0.3, -0.25) is 4.79 Å². The van der Waals surface area contributed by atoms with E-state index in [1.807, 2.05) is 13.8 Å². The van der Waals surface area contributed by atoms with Crippen LogP contribution in [-0.2, 0) is 14.3 Å². The van der Waals surface area contributed by atoms with Crippen LogP contribution in [0.2, 0.25) is 0 Å². The monoisotopic (exact) mass is 255 g/mol. The largest absolute Gasteiger partial charge is 0.464 e. The summed E-state index contributed by atoms with van der Waals surface area (Å²) in [4.78, 5) is 23.6. The number of nitrogens with one attached hydrogen (secondary N) is 1. The second-order valence-corrected chi connectivity index (χ2v) is 6.56. The van der Waals surface area contributed by atoms with Gasteiger partial charge < -0.3 is 10.1 Å². The SMILES string of the molecule is CCC(C)(C)CC(C)(C)C(=O)N[C@H]1CCOC1=O. The Morgan fingerprint density at radius 2 is 2.00 bits per heavy atom. The second kappa shape index (κ2) is 5.29. The highest BCUT2D eigenvalue weighted by molar-refractivity contribution is 5.88. The van der Waals surface area contributed by atoms with Crippen molar-refractivity contribution >= 4 is 11.9 Å². The van der Waals surface area contributed by atoms with Gasteiger partial charge in [-0.25, -0.2) is 4.79 Å². The lowest BCUT2D eigenvalue weighted by Crippen LogP contribution is -2.46. The van der Waals surface area contributed by atoms with E-state index < -0.39 is 11.5 Å². The minimum absolute atomic E-state index is 0.0622. The highest BCUT2D eigenvalue weighted by Crippen LogP contribution is 2.36. The smallest absolute Gasteiger partial charge is 0.328 e. The van der Waals surface area contributed by atoms with E-state index in [0.717, 1.165) is 12.8 Å². The molecule has 1 atom stereocenters.